The van der Waals surface area contributed by atoms with Gasteiger partial charge in [-0.1, -0.05) is 13.8 Å². The van der Waals surface area contributed by atoms with E-state index in [0.717, 1.165) is 31.6 Å². The number of aliphatic hydroxyl groups excluding tert-OH is 1. The van der Waals surface area contributed by atoms with Crippen LogP contribution in [0.15, 0.2) is 12.4 Å². The van der Waals surface area contributed by atoms with Crippen LogP contribution in [0.5, 0.6) is 0 Å². The summed E-state index contributed by atoms with van der Waals surface area (Å²) in [5.74, 6) is 1.09. The number of nitrogens with zero attached hydrogens (tertiary/aromatic N) is 3. The monoisotopic (exact) mass is 280 g/mol. The summed E-state index contributed by atoms with van der Waals surface area (Å²) in [6.45, 7) is 5.36. The number of imidazole rings is 1. The van der Waals surface area contributed by atoms with Crippen molar-refractivity contribution in [1.82, 2.24) is 19.8 Å². The number of rotatable bonds is 6. The molecule has 0 bridgehead atoms. The van der Waals surface area contributed by atoms with Gasteiger partial charge in [-0.15, -0.1) is 0 Å². The molecule has 1 heterocycles. The SMILES string of the molecule is CC(C)NC1(CO)CCC(N(C)Cc2nccn2C)C1. The Morgan fingerprint density at radius 3 is 2.90 bits per heavy atom. The van der Waals surface area contributed by atoms with Crippen molar-refractivity contribution in [1.29, 1.82) is 0 Å². The highest BCUT2D eigenvalue weighted by Crippen LogP contribution is 2.33. The minimum atomic E-state index is -0.102. The van der Waals surface area contributed by atoms with Crippen molar-refractivity contribution in [3.05, 3.63) is 18.2 Å². The largest absolute Gasteiger partial charge is 0.394 e. The molecule has 0 amide bonds. The van der Waals surface area contributed by atoms with Crippen LogP contribution in [0.4, 0.5) is 0 Å². The smallest absolute Gasteiger partial charge is 0.122 e. The molecular weight excluding hydrogens is 252 g/mol. The lowest BCUT2D eigenvalue weighted by molar-refractivity contribution is 0.140. The van der Waals surface area contributed by atoms with E-state index in [9.17, 15) is 5.11 Å². The second kappa shape index (κ2) is 6.24. The summed E-state index contributed by atoms with van der Waals surface area (Å²) >= 11 is 0. The summed E-state index contributed by atoms with van der Waals surface area (Å²) in [6, 6.07) is 0.908. The summed E-state index contributed by atoms with van der Waals surface area (Å²) in [5, 5.41) is 13.3. The first-order chi connectivity index (χ1) is 9.46. The van der Waals surface area contributed by atoms with E-state index in [-0.39, 0.29) is 12.1 Å². The fourth-order valence-electron chi connectivity index (χ4n) is 3.31. The van der Waals surface area contributed by atoms with E-state index in [4.69, 9.17) is 0 Å². The zero-order valence-corrected chi connectivity index (χ0v) is 13.1. The molecule has 2 unspecified atom stereocenters. The minimum absolute atomic E-state index is 0.102. The van der Waals surface area contributed by atoms with E-state index in [1.807, 2.05) is 19.4 Å². The van der Waals surface area contributed by atoms with Crippen LogP contribution in [-0.2, 0) is 13.6 Å². The highest BCUT2D eigenvalue weighted by molar-refractivity contribution is 5.01. The lowest BCUT2D eigenvalue weighted by Crippen LogP contribution is -2.50. The molecule has 1 aromatic rings. The van der Waals surface area contributed by atoms with Gasteiger partial charge < -0.3 is 15.0 Å². The molecule has 2 N–H and O–H groups in total. The third-order valence-electron chi connectivity index (χ3n) is 4.42. The maximum absolute atomic E-state index is 9.77. The molecule has 1 fully saturated rings. The Balaban J connectivity index is 1.96. The fraction of sp³-hybridized carbons (Fsp3) is 0.800. The molecule has 2 atom stereocenters. The van der Waals surface area contributed by atoms with E-state index in [0.29, 0.717) is 12.1 Å². The number of hydrogen-bond acceptors (Lipinski definition) is 4. The summed E-state index contributed by atoms with van der Waals surface area (Å²) in [6.07, 6.45) is 6.99. The van der Waals surface area contributed by atoms with Crippen LogP contribution in [0.2, 0.25) is 0 Å². The van der Waals surface area contributed by atoms with Gasteiger partial charge in [-0.05, 0) is 26.3 Å². The zero-order valence-electron chi connectivity index (χ0n) is 13.1. The lowest BCUT2D eigenvalue weighted by Gasteiger charge is -2.32. The van der Waals surface area contributed by atoms with E-state index in [1.54, 1.807) is 0 Å². The molecular formula is C15H28N4O. The van der Waals surface area contributed by atoms with Crippen LogP contribution < -0.4 is 5.32 Å². The summed E-state index contributed by atoms with van der Waals surface area (Å²) < 4.78 is 2.07. The predicted molar refractivity (Wildman–Crippen MR) is 80.4 cm³/mol. The normalized spacial score (nSPS) is 26.9. The maximum atomic E-state index is 9.77. The molecule has 1 aromatic heterocycles. The van der Waals surface area contributed by atoms with Gasteiger partial charge >= 0.3 is 0 Å². The Kier molecular flexibility index (Phi) is 4.83. The molecule has 0 spiro atoms. The van der Waals surface area contributed by atoms with Crippen molar-refractivity contribution in [3.8, 4) is 0 Å². The second-order valence-electron chi connectivity index (χ2n) is 6.50. The van der Waals surface area contributed by atoms with Gasteiger partial charge in [0.25, 0.3) is 0 Å². The van der Waals surface area contributed by atoms with E-state index < -0.39 is 0 Å². The van der Waals surface area contributed by atoms with Crippen molar-refractivity contribution in [2.75, 3.05) is 13.7 Å². The van der Waals surface area contributed by atoms with Gasteiger partial charge in [-0.3, -0.25) is 4.90 Å². The summed E-state index contributed by atoms with van der Waals surface area (Å²) in [7, 11) is 4.19. The van der Waals surface area contributed by atoms with Gasteiger partial charge in [0.05, 0.1) is 13.2 Å². The topological polar surface area (TPSA) is 53.3 Å². The average Bonchev–Trinajstić information content (AvgIpc) is 2.97. The second-order valence-corrected chi connectivity index (χ2v) is 6.50. The molecule has 0 aromatic carbocycles. The number of aromatic nitrogens is 2. The van der Waals surface area contributed by atoms with Crippen molar-refractivity contribution in [3.63, 3.8) is 0 Å². The van der Waals surface area contributed by atoms with Crippen LogP contribution in [-0.4, -0.2) is 50.8 Å². The van der Waals surface area contributed by atoms with Gasteiger partial charge in [0.2, 0.25) is 0 Å². The van der Waals surface area contributed by atoms with Gasteiger partial charge in [0.1, 0.15) is 5.82 Å². The van der Waals surface area contributed by atoms with Crippen LogP contribution in [0.1, 0.15) is 38.9 Å². The summed E-state index contributed by atoms with van der Waals surface area (Å²) in [5.41, 5.74) is -0.102. The standard InChI is InChI=1S/C15H28N4O/c1-12(2)17-15(11-20)6-5-13(9-15)19(4)10-14-16-7-8-18(14)3/h7-8,12-13,17,20H,5-6,9-11H2,1-4H3. The number of hydrogen-bond donors (Lipinski definition) is 2. The number of aliphatic hydroxyl groups is 1. The Labute approximate surface area is 122 Å². The van der Waals surface area contributed by atoms with Crippen LogP contribution in [0.25, 0.3) is 0 Å². The van der Waals surface area contributed by atoms with Gasteiger partial charge in [0.15, 0.2) is 0 Å². The molecule has 114 valence electrons. The van der Waals surface area contributed by atoms with Crippen LogP contribution in [0, 0.1) is 0 Å². The third kappa shape index (κ3) is 3.40. The Hall–Kier alpha value is -0.910. The van der Waals surface area contributed by atoms with E-state index in [1.165, 1.54) is 0 Å². The van der Waals surface area contributed by atoms with E-state index >= 15 is 0 Å². The van der Waals surface area contributed by atoms with Gasteiger partial charge in [-0.2, -0.15) is 0 Å². The molecule has 2 rings (SSSR count). The minimum Gasteiger partial charge on any atom is -0.394 e. The van der Waals surface area contributed by atoms with Gasteiger partial charge in [0, 0.05) is 37.1 Å². The third-order valence-corrected chi connectivity index (χ3v) is 4.42. The molecule has 5 nitrogen and oxygen atoms in total. The highest BCUT2D eigenvalue weighted by atomic mass is 16.3. The number of aryl methyl sites for hydroxylation is 1. The Morgan fingerprint density at radius 2 is 2.35 bits per heavy atom. The predicted octanol–water partition coefficient (Wildman–Crippen LogP) is 1.13. The molecule has 1 aliphatic carbocycles. The fourth-order valence-corrected chi connectivity index (χ4v) is 3.31. The molecule has 1 saturated carbocycles. The van der Waals surface area contributed by atoms with Crippen molar-refractivity contribution < 1.29 is 5.11 Å². The van der Waals surface area contributed by atoms with Gasteiger partial charge in [-0.25, -0.2) is 4.98 Å². The van der Waals surface area contributed by atoms with Crippen LogP contribution >= 0.6 is 0 Å². The molecule has 20 heavy (non-hydrogen) atoms. The highest BCUT2D eigenvalue weighted by Gasteiger charge is 2.40. The first kappa shape index (κ1) is 15.5. The Morgan fingerprint density at radius 1 is 1.60 bits per heavy atom. The zero-order chi connectivity index (χ0) is 14.8. The number of nitrogens with one attached hydrogen (secondary N) is 1. The molecule has 0 radical (unpaired) electrons. The molecule has 0 saturated heterocycles. The Bertz CT molecular complexity index is 431. The van der Waals surface area contributed by atoms with Crippen LogP contribution in [0.3, 0.4) is 0 Å². The van der Waals surface area contributed by atoms with Crippen molar-refractivity contribution in [2.24, 2.45) is 7.05 Å². The van der Waals surface area contributed by atoms with Crippen molar-refractivity contribution >= 4 is 0 Å². The molecule has 5 heteroatoms. The quantitative estimate of drug-likeness (QED) is 0.820. The molecule has 1 aliphatic rings. The van der Waals surface area contributed by atoms with Crippen molar-refractivity contribution in [2.45, 2.75) is 57.3 Å². The summed E-state index contributed by atoms with van der Waals surface area (Å²) in [4.78, 5) is 6.75. The average molecular weight is 280 g/mol. The lowest BCUT2D eigenvalue weighted by atomic mass is 9.97. The maximum Gasteiger partial charge on any atom is 0.122 e. The first-order valence-electron chi connectivity index (χ1n) is 7.51. The van der Waals surface area contributed by atoms with E-state index in [2.05, 4.69) is 40.7 Å². The first-order valence-corrected chi connectivity index (χ1v) is 7.51. The molecule has 0 aliphatic heterocycles.